The van der Waals surface area contributed by atoms with Crippen LogP contribution >= 0.6 is 11.5 Å². The standard InChI is InChI=1S/C11H21N3OS/c1-3-5-10-13-11(16-14-10)12-7-4-6-9(2)8-15/h9,15H,3-8H2,1-2H3,(H,12,13,14). The highest BCUT2D eigenvalue weighted by atomic mass is 32.1. The van der Waals surface area contributed by atoms with Gasteiger partial charge < -0.3 is 10.4 Å². The van der Waals surface area contributed by atoms with Crippen molar-refractivity contribution in [3.63, 3.8) is 0 Å². The second-order valence-corrected chi connectivity index (χ2v) is 4.87. The van der Waals surface area contributed by atoms with Gasteiger partial charge in [-0.1, -0.05) is 13.8 Å². The summed E-state index contributed by atoms with van der Waals surface area (Å²) >= 11 is 1.43. The molecule has 0 aliphatic carbocycles. The molecule has 0 amide bonds. The molecule has 1 aromatic rings. The maximum Gasteiger partial charge on any atom is 0.202 e. The fourth-order valence-electron chi connectivity index (χ4n) is 1.39. The lowest BCUT2D eigenvalue weighted by Gasteiger charge is -2.06. The van der Waals surface area contributed by atoms with Crippen molar-refractivity contribution in [1.82, 2.24) is 9.36 Å². The fourth-order valence-corrected chi connectivity index (χ4v) is 2.02. The summed E-state index contributed by atoms with van der Waals surface area (Å²) < 4.78 is 4.26. The number of aromatic nitrogens is 2. The molecule has 5 heteroatoms. The van der Waals surface area contributed by atoms with Crippen LogP contribution in [-0.2, 0) is 6.42 Å². The average molecular weight is 243 g/mol. The van der Waals surface area contributed by atoms with Crippen LogP contribution < -0.4 is 5.32 Å². The summed E-state index contributed by atoms with van der Waals surface area (Å²) in [6, 6.07) is 0. The normalized spacial score (nSPS) is 12.7. The van der Waals surface area contributed by atoms with E-state index in [9.17, 15) is 0 Å². The van der Waals surface area contributed by atoms with Crippen LogP contribution in [0.4, 0.5) is 5.13 Å². The van der Waals surface area contributed by atoms with Gasteiger partial charge in [0, 0.05) is 31.1 Å². The van der Waals surface area contributed by atoms with Gasteiger partial charge in [0.15, 0.2) is 0 Å². The van der Waals surface area contributed by atoms with Gasteiger partial charge >= 0.3 is 0 Å². The molecule has 4 nitrogen and oxygen atoms in total. The maximum atomic E-state index is 8.87. The van der Waals surface area contributed by atoms with Crippen molar-refractivity contribution in [1.29, 1.82) is 0 Å². The van der Waals surface area contributed by atoms with Gasteiger partial charge in [-0.3, -0.25) is 0 Å². The molecule has 1 atom stereocenters. The lowest BCUT2D eigenvalue weighted by atomic mass is 10.1. The molecule has 0 radical (unpaired) electrons. The molecule has 92 valence electrons. The number of nitrogens with one attached hydrogen (secondary N) is 1. The molecule has 0 aromatic carbocycles. The zero-order chi connectivity index (χ0) is 11.8. The van der Waals surface area contributed by atoms with Crippen LogP contribution in [0, 0.1) is 5.92 Å². The van der Waals surface area contributed by atoms with Crippen molar-refractivity contribution in [2.75, 3.05) is 18.5 Å². The molecule has 1 heterocycles. The first kappa shape index (κ1) is 13.4. The summed E-state index contributed by atoms with van der Waals surface area (Å²) in [5.41, 5.74) is 0. The minimum atomic E-state index is 0.277. The van der Waals surface area contributed by atoms with Gasteiger partial charge in [-0.25, -0.2) is 4.98 Å². The minimum Gasteiger partial charge on any atom is -0.396 e. The number of aliphatic hydroxyl groups excluding tert-OH is 1. The first-order chi connectivity index (χ1) is 7.76. The number of hydrogen-bond donors (Lipinski definition) is 2. The van der Waals surface area contributed by atoms with Crippen molar-refractivity contribution >= 4 is 16.7 Å². The number of rotatable bonds is 8. The molecule has 0 aliphatic heterocycles. The Bertz CT molecular complexity index is 291. The van der Waals surface area contributed by atoms with Gasteiger partial charge in [0.1, 0.15) is 5.82 Å². The van der Waals surface area contributed by atoms with E-state index in [2.05, 4.69) is 28.5 Å². The van der Waals surface area contributed by atoms with Crippen molar-refractivity contribution in [2.24, 2.45) is 5.92 Å². The van der Waals surface area contributed by atoms with Crippen LogP contribution in [0.3, 0.4) is 0 Å². The molecule has 2 N–H and O–H groups in total. The van der Waals surface area contributed by atoms with Crippen LogP contribution in [0.5, 0.6) is 0 Å². The molecule has 1 unspecified atom stereocenters. The van der Waals surface area contributed by atoms with E-state index in [1.165, 1.54) is 11.5 Å². The van der Waals surface area contributed by atoms with Crippen LogP contribution in [0.15, 0.2) is 0 Å². The van der Waals surface area contributed by atoms with E-state index in [0.717, 1.165) is 43.2 Å². The molecular weight excluding hydrogens is 222 g/mol. The maximum absolute atomic E-state index is 8.87. The summed E-state index contributed by atoms with van der Waals surface area (Å²) in [5, 5.41) is 13.1. The van der Waals surface area contributed by atoms with Gasteiger partial charge in [-0.05, 0) is 25.2 Å². The summed E-state index contributed by atoms with van der Waals surface area (Å²) in [4.78, 5) is 4.38. The molecule has 0 saturated heterocycles. The SMILES string of the molecule is CCCc1nsc(NCCCC(C)CO)n1. The van der Waals surface area contributed by atoms with E-state index < -0.39 is 0 Å². The van der Waals surface area contributed by atoms with Crippen LogP contribution in [0.25, 0.3) is 0 Å². The Kier molecular flexibility index (Phi) is 6.33. The molecule has 0 fully saturated rings. The summed E-state index contributed by atoms with van der Waals surface area (Å²) in [6.45, 7) is 5.37. The van der Waals surface area contributed by atoms with E-state index in [-0.39, 0.29) is 6.61 Å². The third-order valence-corrected chi connectivity index (χ3v) is 3.11. The molecule has 0 spiro atoms. The smallest absolute Gasteiger partial charge is 0.202 e. The first-order valence-corrected chi connectivity index (χ1v) is 6.71. The third-order valence-electron chi connectivity index (χ3n) is 2.40. The lowest BCUT2D eigenvalue weighted by Crippen LogP contribution is -2.06. The molecule has 1 rings (SSSR count). The highest BCUT2D eigenvalue weighted by Gasteiger charge is 2.03. The van der Waals surface area contributed by atoms with E-state index in [1.807, 2.05) is 0 Å². The number of hydrogen-bond acceptors (Lipinski definition) is 5. The topological polar surface area (TPSA) is 58.0 Å². The van der Waals surface area contributed by atoms with Gasteiger partial charge in [-0.15, -0.1) is 0 Å². The second kappa shape index (κ2) is 7.57. The summed E-state index contributed by atoms with van der Waals surface area (Å²) in [6.07, 6.45) is 4.15. The van der Waals surface area contributed by atoms with Crippen LogP contribution in [0.1, 0.15) is 38.9 Å². The monoisotopic (exact) mass is 243 g/mol. The molecule has 1 aromatic heterocycles. The summed E-state index contributed by atoms with van der Waals surface area (Å²) in [7, 11) is 0. The Morgan fingerprint density at radius 2 is 2.31 bits per heavy atom. The largest absolute Gasteiger partial charge is 0.396 e. The van der Waals surface area contributed by atoms with Gasteiger partial charge in [0.25, 0.3) is 0 Å². The van der Waals surface area contributed by atoms with Crippen molar-refractivity contribution < 1.29 is 5.11 Å². The number of anilines is 1. The van der Waals surface area contributed by atoms with Crippen LogP contribution in [-0.4, -0.2) is 27.6 Å². The lowest BCUT2D eigenvalue weighted by molar-refractivity contribution is 0.229. The Morgan fingerprint density at radius 1 is 1.50 bits per heavy atom. The van der Waals surface area contributed by atoms with Crippen molar-refractivity contribution in [2.45, 2.75) is 39.5 Å². The predicted octanol–water partition coefficient (Wildman–Crippen LogP) is 2.31. The minimum absolute atomic E-state index is 0.277. The quantitative estimate of drug-likeness (QED) is 0.688. The summed E-state index contributed by atoms with van der Waals surface area (Å²) in [5.74, 6) is 1.34. The number of nitrogens with zero attached hydrogens (tertiary/aromatic N) is 2. The zero-order valence-electron chi connectivity index (χ0n) is 10.1. The fraction of sp³-hybridized carbons (Fsp3) is 0.818. The van der Waals surface area contributed by atoms with E-state index >= 15 is 0 Å². The number of aliphatic hydroxyl groups is 1. The van der Waals surface area contributed by atoms with Gasteiger partial charge in [0.2, 0.25) is 5.13 Å². The molecule has 0 saturated carbocycles. The van der Waals surface area contributed by atoms with Gasteiger partial charge in [0.05, 0.1) is 0 Å². The second-order valence-electron chi connectivity index (χ2n) is 4.12. The Morgan fingerprint density at radius 3 is 3.00 bits per heavy atom. The Balaban J connectivity index is 2.16. The first-order valence-electron chi connectivity index (χ1n) is 5.93. The highest BCUT2D eigenvalue weighted by Crippen LogP contribution is 2.12. The zero-order valence-corrected chi connectivity index (χ0v) is 10.9. The highest BCUT2D eigenvalue weighted by molar-refractivity contribution is 7.09. The number of aryl methyl sites for hydroxylation is 1. The Hall–Kier alpha value is -0.680. The molecule has 16 heavy (non-hydrogen) atoms. The third kappa shape index (κ3) is 4.90. The van der Waals surface area contributed by atoms with E-state index in [0.29, 0.717) is 5.92 Å². The van der Waals surface area contributed by atoms with Crippen molar-refractivity contribution in [3.05, 3.63) is 5.82 Å². The van der Waals surface area contributed by atoms with Crippen molar-refractivity contribution in [3.8, 4) is 0 Å². The predicted molar refractivity (Wildman–Crippen MR) is 67.9 cm³/mol. The van der Waals surface area contributed by atoms with E-state index in [4.69, 9.17) is 5.11 Å². The Labute approximate surface area is 101 Å². The average Bonchev–Trinajstić information content (AvgIpc) is 2.72. The van der Waals surface area contributed by atoms with E-state index in [1.54, 1.807) is 0 Å². The molecular formula is C11H21N3OS. The van der Waals surface area contributed by atoms with Gasteiger partial charge in [-0.2, -0.15) is 4.37 Å². The molecule has 0 aliphatic rings. The molecule has 0 bridgehead atoms. The van der Waals surface area contributed by atoms with Crippen LogP contribution in [0.2, 0.25) is 0 Å².